The molecular formula is C25H20F2N6O5S. The van der Waals surface area contributed by atoms with E-state index in [1.54, 1.807) is 25.4 Å². The van der Waals surface area contributed by atoms with Gasteiger partial charge in [0.15, 0.2) is 5.65 Å². The lowest BCUT2D eigenvalue weighted by Gasteiger charge is -2.13. The van der Waals surface area contributed by atoms with E-state index in [1.807, 2.05) is 0 Å². The van der Waals surface area contributed by atoms with Crippen molar-refractivity contribution in [1.82, 2.24) is 24.4 Å². The number of nitrogens with one attached hydrogen (secondary N) is 1. The van der Waals surface area contributed by atoms with Gasteiger partial charge in [-0.25, -0.2) is 17.9 Å². The molecule has 1 amide bonds. The van der Waals surface area contributed by atoms with Crippen LogP contribution in [-0.4, -0.2) is 52.4 Å². The van der Waals surface area contributed by atoms with Gasteiger partial charge in [0.05, 0.1) is 28.8 Å². The molecule has 0 fully saturated rings. The zero-order chi connectivity index (χ0) is 27.7. The van der Waals surface area contributed by atoms with Crippen LogP contribution in [-0.2, 0) is 16.9 Å². The Hall–Kier alpha value is -4.85. The molecule has 11 nitrogen and oxygen atoms in total. The van der Waals surface area contributed by atoms with Crippen LogP contribution in [0.25, 0.3) is 16.9 Å². The van der Waals surface area contributed by atoms with Crippen LogP contribution in [0.15, 0.2) is 83.1 Å². The van der Waals surface area contributed by atoms with Gasteiger partial charge >= 0.3 is 6.61 Å². The second-order valence-electron chi connectivity index (χ2n) is 8.18. The molecule has 2 aromatic carbocycles. The summed E-state index contributed by atoms with van der Waals surface area (Å²) in [5, 5.41) is 11.1. The van der Waals surface area contributed by atoms with E-state index < -0.39 is 22.4 Å². The zero-order valence-corrected chi connectivity index (χ0v) is 21.3. The van der Waals surface area contributed by atoms with Crippen molar-refractivity contribution in [3.05, 3.63) is 78.9 Å². The number of carbonyl (C=O) groups excluding carboxylic acids is 1. The third-order valence-electron chi connectivity index (χ3n) is 5.68. The average Bonchev–Trinajstić information content (AvgIpc) is 3.51. The number of ether oxygens (including phenoxy) is 2. The smallest absolute Gasteiger partial charge is 0.387 e. The second-order valence-corrected chi connectivity index (χ2v) is 10.1. The Bertz CT molecular complexity index is 1800. The topological polar surface area (TPSA) is 130 Å². The van der Waals surface area contributed by atoms with Crippen LogP contribution in [0.1, 0.15) is 10.4 Å². The molecule has 0 unspecified atom stereocenters. The van der Waals surface area contributed by atoms with Crippen molar-refractivity contribution in [2.24, 2.45) is 7.05 Å². The second kappa shape index (κ2) is 10.1. The predicted molar refractivity (Wildman–Crippen MR) is 135 cm³/mol. The van der Waals surface area contributed by atoms with E-state index in [4.69, 9.17) is 4.74 Å². The summed E-state index contributed by atoms with van der Waals surface area (Å²) in [6.07, 6.45) is 5.91. The highest BCUT2D eigenvalue weighted by Gasteiger charge is 2.25. The van der Waals surface area contributed by atoms with E-state index in [9.17, 15) is 22.0 Å². The molecular weight excluding hydrogens is 534 g/mol. The number of amides is 1. The van der Waals surface area contributed by atoms with Crippen LogP contribution < -0.4 is 14.8 Å². The first-order valence-electron chi connectivity index (χ1n) is 11.3. The van der Waals surface area contributed by atoms with Crippen molar-refractivity contribution in [3.8, 4) is 22.8 Å². The van der Waals surface area contributed by atoms with Gasteiger partial charge in [-0.3, -0.25) is 9.48 Å². The number of aryl methyl sites for hydroxylation is 1. The molecule has 3 heterocycles. The molecule has 39 heavy (non-hydrogen) atoms. The molecule has 0 atom stereocenters. The maximum atomic E-state index is 13.4. The summed E-state index contributed by atoms with van der Waals surface area (Å²) < 4.78 is 65.9. The number of fused-ring (bicyclic) bond motifs is 1. The number of hydrogen-bond donors (Lipinski definition) is 1. The van der Waals surface area contributed by atoms with Crippen molar-refractivity contribution in [3.63, 3.8) is 0 Å². The summed E-state index contributed by atoms with van der Waals surface area (Å²) in [5.74, 6) is -0.596. The van der Waals surface area contributed by atoms with Gasteiger partial charge < -0.3 is 14.8 Å². The Morgan fingerprint density at radius 2 is 1.90 bits per heavy atom. The lowest BCUT2D eigenvalue weighted by atomic mass is 10.1. The molecule has 0 spiro atoms. The first kappa shape index (κ1) is 25.8. The third-order valence-corrected chi connectivity index (χ3v) is 7.43. The molecule has 0 aliphatic carbocycles. The third kappa shape index (κ3) is 5.01. The molecule has 0 saturated heterocycles. The van der Waals surface area contributed by atoms with Gasteiger partial charge in [0.25, 0.3) is 5.91 Å². The van der Waals surface area contributed by atoms with E-state index in [0.29, 0.717) is 11.4 Å². The fourth-order valence-electron chi connectivity index (χ4n) is 3.92. The van der Waals surface area contributed by atoms with Crippen LogP contribution in [0.4, 0.5) is 14.5 Å². The lowest BCUT2D eigenvalue weighted by molar-refractivity contribution is -0.0494. The standard InChI is InChI=1S/C25H20F2N6O5S/c1-32-14-20(30-24(34)19-13-29-33-10-4-9-28-23(19)33)22(31-32)18-12-17(7-8-21(18)38-25(26)27)39(35,36)16-6-3-5-15(11-16)37-2/h3-14,25H,1-2H3,(H,30,34). The number of alkyl halides is 2. The number of nitrogens with zero attached hydrogens (tertiary/aromatic N) is 5. The van der Waals surface area contributed by atoms with Crippen LogP contribution in [0, 0.1) is 0 Å². The minimum atomic E-state index is -4.10. The van der Waals surface area contributed by atoms with Crippen molar-refractivity contribution in [2.45, 2.75) is 16.4 Å². The molecule has 200 valence electrons. The molecule has 0 radical (unpaired) electrons. The molecule has 3 aromatic heterocycles. The summed E-state index contributed by atoms with van der Waals surface area (Å²) in [5.41, 5.74) is 0.506. The van der Waals surface area contributed by atoms with E-state index in [2.05, 4.69) is 25.2 Å². The quantitative estimate of drug-likeness (QED) is 0.306. The molecule has 5 aromatic rings. The average molecular weight is 555 g/mol. The van der Waals surface area contributed by atoms with Gasteiger partial charge in [-0.2, -0.15) is 19.0 Å². The summed E-state index contributed by atoms with van der Waals surface area (Å²) in [7, 11) is -1.14. The van der Waals surface area contributed by atoms with Crippen molar-refractivity contribution in [2.75, 3.05) is 12.4 Å². The lowest BCUT2D eigenvalue weighted by Crippen LogP contribution is -2.12. The monoisotopic (exact) mass is 554 g/mol. The highest BCUT2D eigenvalue weighted by Crippen LogP contribution is 2.38. The van der Waals surface area contributed by atoms with Gasteiger partial charge in [-0.1, -0.05) is 6.07 Å². The Morgan fingerprint density at radius 3 is 2.67 bits per heavy atom. The predicted octanol–water partition coefficient (Wildman–Crippen LogP) is 3.82. The van der Waals surface area contributed by atoms with Gasteiger partial charge in [0.1, 0.15) is 22.8 Å². The maximum Gasteiger partial charge on any atom is 0.387 e. The van der Waals surface area contributed by atoms with Crippen molar-refractivity contribution in [1.29, 1.82) is 0 Å². The van der Waals surface area contributed by atoms with Gasteiger partial charge in [-0.05, 0) is 42.5 Å². The molecule has 5 rings (SSSR count). The molecule has 0 saturated carbocycles. The summed E-state index contributed by atoms with van der Waals surface area (Å²) >= 11 is 0. The fourth-order valence-corrected chi connectivity index (χ4v) is 5.24. The highest BCUT2D eigenvalue weighted by atomic mass is 32.2. The normalized spacial score (nSPS) is 11.6. The molecule has 0 aliphatic rings. The number of rotatable bonds is 8. The molecule has 1 N–H and O–H groups in total. The number of sulfone groups is 1. The largest absolute Gasteiger partial charge is 0.497 e. The Morgan fingerprint density at radius 1 is 1.10 bits per heavy atom. The van der Waals surface area contributed by atoms with Crippen molar-refractivity contribution < 1.29 is 31.5 Å². The number of anilines is 1. The van der Waals surface area contributed by atoms with Gasteiger partial charge in [0, 0.05) is 31.2 Å². The first-order chi connectivity index (χ1) is 18.7. The number of carbonyl (C=O) groups is 1. The van der Waals surface area contributed by atoms with E-state index in [0.717, 1.165) is 12.1 Å². The fraction of sp³-hybridized carbons (Fsp3) is 0.120. The number of halogens is 2. The SMILES string of the molecule is COc1cccc(S(=O)(=O)c2ccc(OC(F)F)c(-c3nn(C)cc3NC(=O)c3cnn4cccnc34)c2)c1. The first-order valence-corrected chi connectivity index (χ1v) is 12.8. The number of methoxy groups -OCH3 is 1. The van der Waals surface area contributed by atoms with Crippen molar-refractivity contribution >= 4 is 27.1 Å². The molecule has 14 heteroatoms. The molecule has 0 aliphatic heterocycles. The van der Waals surface area contributed by atoms with E-state index in [1.165, 1.54) is 59.2 Å². The number of aromatic nitrogens is 5. The highest BCUT2D eigenvalue weighted by molar-refractivity contribution is 7.91. The minimum Gasteiger partial charge on any atom is -0.497 e. The minimum absolute atomic E-state index is 0.00799. The summed E-state index contributed by atoms with van der Waals surface area (Å²) in [6.45, 7) is -3.20. The maximum absolute atomic E-state index is 13.4. The van der Waals surface area contributed by atoms with Crippen LogP contribution in [0.2, 0.25) is 0 Å². The van der Waals surface area contributed by atoms with Gasteiger partial charge in [-0.15, -0.1) is 0 Å². The Kier molecular flexibility index (Phi) is 6.70. The summed E-state index contributed by atoms with van der Waals surface area (Å²) in [4.78, 5) is 17.0. The number of hydrogen-bond acceptors (Lipinski definition) is 8. The number of benzene rings is 2. The Labute approximate surface area is 220 Å². The Balaban J connectivity index is 1.59. The van der Waals surface area contributed by atoms with E-state index in [-0.39, 0.29) is 38.0 Å². The molecule has 0 bridgehead atoms. The van der Waals surface area contributed by atoms with Crippen LogP contribution in [0.3, 0.4) is 0 Å². The summed E-state index contributed by atoms with van der Waals surface area (Å²) in [6, 6.07) is 10.9. The van der Waals surface area contributed by atoms with Crippen LogP contribution in [0.5, 0.6) is 11.5 Å². The van der Waals surface area contributed by atoms with E-state index >= 15 is 0 Å². The zero-order valence-electron chi connectivity index (χ0n) is 20.4. The van der Waals surface area contributed by atoms with Crippen LogP contribution >= 0.6 is 0 Å². The van der Waals surface area contributed by atoms with Gasteiger partial charge in [0.2, 0.25) is 9.84 Å².